The number of hydrogen-bond donors (Lipinski definition) is 0. The van der Waals surface area contributed by atoms with E-state index in [0.717, 1.165) is 52.2 Å². The van der Waals surface area contributed by atoms with Gasteiger partial charge in [0.25, 0.3) is 0 Å². The van der Waals surface area contributed by atoms with Crippen LogP contribution >= 0.6 is 34.0 Å². The first-order valence-corrected chi connectivity index (χ1v) is 11.2. The van der Waals surface area contributed by atoms with Crippen LogP contribution < -0.4 is 4.74 Å². The minimum Gasteiger partial charge on any atom is -0.494 e. The van der Waals surface area contributed by atoms with Crippen LogP contribution in [0.5, 0.6) is 5.75 Å². The minimum atomic E-state index is 0.771. The lowest BCUT2D eigenvalue weighted by Crippen LogP contribution is -1.95. The van der Waals surface area contributed by atoms with Crippen LogP contribution in [-0.4, -0.2) is 16.6 Å². The Bertz CT molecular complexity index is 955. The molecule has 0 unspecified atom stereocenters. The van der Waals surface area contributed by atoms with E-state index in [2.05, 4.69) is 47.3 Å². The Labute approximate surface area is 165 Å². The van der Waals surface area contributed by atoms with Gasteiger partial charge >= 0.3 is 0 Å². The maximum absolute atomic E-state index is 5.72. The van der Waals surface area contributed by atoms with Gasteiger partial charge in [-0.25, -0.2) is 9.97 Å². The molecule has 0 radical (unpaired) electrons. The fraction of sp³-hybridized carbons (Fsp3) is 0.200. The van der Waals surface area contributed by atoms with E-state index in [1.165, 1.54) is 4.88 Å². The number of thiophene rings is 1. The molecule has 3 aromatic heterocycles. The molecule has 0 bridgehead atoms. The van der Waals surface area contributed by atoms with Gasteiger partial charge in [-0.2, -0.15) is 0 Å². The Kier molecular flexibility index (Phi) is 5.43. The minimum absolute atomic E-state index is 0.771. The normalized spacial score (nSPS) is 11.0. The summed E-state index contributed by atoms with van der Waals surface area (Å²) in [6.07, 6.45) is 2.23. The highest BCUT2D eigenvalue weighted by molar-refractivity contribution is 7.20. The topological polar surface area (TPSA) is 35.0 Å². The highest BCUT2D eigenvalue weighted by Gasteiger charge is 2.12. The van der Waals surface area contributed by atoms with Crippen LogP contribution in [0.25, 0.3) is 31.8 Å². The molecular weight excluding hydrogens is 380 g/mol. The molecule has 0 aliphatic carbocycles. The van der Waals surface area contributed by atoms with Gasteiger partial charge in [-0.3, -0.25) is 0 Å². The number of nitrogens with zero attached hydrogens (tertiary/aromatic N) is 2. The summed E-state index contributed by atoms with van der Waals surface area (Å²) in [5, 5.41) is 8.21. The zero-order valence-corrected chi connectivity index (χ0v) is 16.8. The molecule has 1 aromatic carbocycles. The quantitative estimate of drug-likeness (QED) is 0.320. The van der Waals surface area contributed by atoms with E-state index in [9.17, 15) is 0 Å². The number of rotatable bonds is 7. The molecule has 0 spiro atoms. The molecule has 4 rings (SSSR count). The first-order valence-electron chi connectivity index (χ1n) is 8.52. The van der Waals surface area contributed by atoms with Gasteiger partial charge in [0.2, 0.25) is 0 Å². The number of benzene rings is 1. The summed E-state index contributed by atoms with van der Waals surface area (Å²) in [6.45, 7) is 2.94. The van der Waals surface area contributed by atoms with E-state index < -0.39 is 0 Å². The number of unbranched alkanes of at least 4 members (excludes halogenated alkanes) is 1. The largest absolute Gasteiger partial charge is 0.494 e. The molecule has 0 atom stereocenters. The predicted molar refractivity (Wildman–Crippen MR) is 112 cm³/mol. The van der Waals surface area contributed by atoms with Crippen molar-refractivity contribution < 1.29 is 4.74 Å². The van der Waals surface area contributed by atoms with Crippen molar-refractivity contribution in [3.63, 3.8) is 0 Å². The number of hydrogen-bond acceptors (Lipinski definition) is 6. The molecule has 4 aromatic rings. The molecule has 0 saturated carbocycles. The van der Waals surface area contributed by atoms with Gasteiger partial charge in [-0.15, -0.1) is 34.0 Å². The fourth-order valence-corrected chi connectivity index (χ4v) is 4.93. The van der Waals surface area contributed by atoms with Crippen molar-refractivity contribution in [1.29, 1.82) is 0 Å². The molecular formula is C20H18N2OS3. The average molecular weight is 399 g/mol. The van der Waals surface area contributed by atoms with E-state index in [1.54, 1.807) is 34.0 Å². The maximum atomic E-state index is 5.72. The van der Waals surface area contributed by atoms with Crippen molar-refractivity contribution >= 4 is 34.0 Å². The highest BCUT2D eigenvalue weighted by Crippen LogP contribution is 2.34. The van der Waals surface area contributed by atoms with Gasteiger partial charge < -0.3 is 4.74 Å². The summed E-state index contributed by atoms with van der Waals surface area (Å²) in [7, 11) is 0. The lowest BCUT2D eigenvalue weighted by Gasteiger charge is -2.05. The Morgan fingerprint density at radius 1 is 0.885 bits per heavy atom. The van der Waals surface area contributed by atoms with Gasteiger partial charge in [-0.1, -0.05) is 19.4 Å². The van der Waals surface area contributed by atoms with Crippen molar-refractivity contribution in [3.05, 3.63) is 52.5 Å². The molecule has 0 N–H and O–H groups in total. The Hall–Kier alpha value is -2.02. The van der Waals surface area contributed by atoms with Gasteiger partial charge in [0, 0.05) is 16.3 Å². The highest BCUT2D eigenvalue weighted by atomic mass is 32.1. The van der Waals surface area contributed by atoms with E-state index in [0.29, 0.717) is 0 Å². The van der Waals surface area contributed by atoms with Gasteiger partial charge in [0.05, 0.1) is 22.9 Å². The standard InChI is InChI=1S/C20H18N2OS3/c1-2-3-10-23-15-8-6-14(7-9-15)16-12-25-19(21-16)20-22-17(13-26-20)18-5-4-11-24-18/h4-9,11-13H,2-3,10H2,1H3. The summed E-state index contributed by atoms with van der Waals surface area (Å²) in [4.78, 5) is 10.7. The number of aromatic nitrogens is 2. The third kappa shape index (κ3) is 3.87. The fourth-order valence-electron chi connectivity index (χ4n) is 2.47. The average Bonchev–Trinajstić information content (AvgIpc) is 3.42. The van der Waals surface area contributed by atoms with Crippen molar-refractivity contribution in [2.24, 2.45) is 0 Å². The van der Waals surface area contributed by atoms with Crippen LogP contribution in [0, 0.1) is 0 Å². The van der Waals surface area contributed by atoms with Gasteiger partial charge in [-0.05, 0) is 42.1 Å². The first-order chi connectivity index (χ1) is 12.8. The van der Waals surface area contributed by atoms with Crippen molar-refractivity contribution in [1.82, 2.24) is 9.97 Å². The molecule has 26 heavy (non-hydrogen) atoms. The van der Waals surface area contributed by atoms with E-state index in [4.69, 9.17) is 14.7 Å². The molecule has 0 fully saturated rings. The molecule has 0 saturated heterocycles. The molecule has 132 valence electrons. The van der Waals surface area contributed by atoms with E-state index in [1.807, 2.05) is 12.1 Å². The molecule has 0 aliphatic rings. The van der Waals surface area contributed by atoms with Crippen LogP contribution in [0.15, 0.2) is 52.5 Å². The lowest BCUT2D eigenvalue weighted by atomic mass is 10.2. The maximum Gasteiger partial charge on any atom is 0.152 e. The molecule has 3 nitrogen and oxygen atoms in total. The van der Waals surface area contributed by atoms with Crippen molar-refractivity contribution in [2.75, 3.05) is 6.61 Å². The van der Waals surface area contributed by atoms with Crippen molar-refractivity contribution in [2.45, 2.75) is 19.8 Å². The van der Waals surface area contributed by atoms with Crippen molar-refractivity contribution in [3.8, 4) is 37.6 Å². The summed E-state index contributed by atoms with van der Waals surface area (Å²) in [5.41, 5.74) is 3.12. The molecule has 6 heteroatoms. The monoisotopic (exact) mass is 398 g/mol. The zero-order valence-electron chi connectivity index (χ0n) is 14.3. The summed E-state index contributed by atoms with van der Waals surface area (Å²) in [6, 6.07) is 12.3. The summed E-state index contributed by atoms with van der Waals surface area (Å²) in [5.74, 6) is 0.915. The number of ether oxygens (including phenoxy) is 1. The van der Waals surface area contributed by atoms with Gasteiger partial charge in [0.1, 0.15) is 5.75 Å². The smallest absolute Gasteiger partial charge is 0.152 e. The molecule has 0 amide bonds. The van der Waals surface area contributed by atoms with Crippen LogP contribution in [-0.2, 0) is 0 Å². The first kappa shape index (κ1) is 17.4. The predicted octanol–water partition coefficient (Wildman–Crippen LogP) is 6.84. The van der Waals surface area contributed by atoms with Crippen LogP contribution in [0.2, 0.25) is 0 Å². The second kappa shape index (κ2) is 8.12. The second-order valence-corrected chi connectivity index (χ2v) is 8.44. The SMILES string of the molecule is CCCCOc1ccc(-c2csc(-c3nc(-c4cccs4)cs3)n2)cc1. The van der Waals surface area contributed by atoms with E-state index in [-0.39, 0.29) is 0 Å². The zero-order chi connectivity index (χ0) is 17.8. The molecule has 0 aliphatic heterocycles. The summed E-state index contributed by atoms with van der Waals surface area (Å²) < 4.78 is 5.72. The Balaban J connectivity index is 1.49. The summed E-state index contributed by atoms with van der Waals surface area (Å²) >= 11 is 4.99. The third-order valence-corrected chi connectivity index (χ3v) is 6.60. The Morgan fingerprint density at radius 2 is 1.62 bits per heavy atom. The third-order valence-electron chi connectivity index (χ3n) is 3.88. The van der Waals surface area contributed by atoms with Crippen LogP contribution in [0.4, 0.5) is 0 Å². The second-order valence-electron chi connectivity index (χ2n) is 5.78. The molecule has 3 heterocycles. The van der Waals surface area contributed by atoms with E-state index >= 15 is 0 Å². The van der Waals surface area contributed by atoms with Crippen LogP contribution in [0.1, 0.15) is 19.8 Å². The Morgan fingerprint density at radius 3 is 2.31 bits per heavy atom. The lowest BCUT2D eigenvalue weighted by molar-refractivity contribution is 0.309. The van der Waals surface area contributed by atoms with Gasteiger partial charge in [0.15, 0.2) is 10.0 Å². The van der Waals surface area contributed by atoms with Crippen LogP contribution in [0.3, 0.4) is 0 Å². The number of thiazole rings is 2.